The molecule has 18 heavy (non-hydrogen) atoms. The Balaban J connectivity index is 2.18. The Morgan fingerprint density at radius 1 is 1.44 bits per heavy atom. The van der Waals surface area contributed by atoms with Crippen LogP contribution in [0.3, 0.4) is 0 Å². The lowest BCUT2D eigenvalue weighted by Gasteiger charge is -1.98. The second-order valence-corrected chi connectivity index (χ2v) is 4.04. The molecule has 0 aliphatic rings. The van der Waals surface area contributed by atoms with Crippen molar-refractivity contribution in [3.8, 4) is 11.3 Å². The van der Waals surface area contributed by atoms with Crippen molar-refractivity contribution in [2.24, 2.45) is 0 Å². The summed E-state index contributed by atoms with van der Waals surface area (Å²) in [6.07, 6.45) is 0.327. The molecule has 2 aromatic rings. The zero-order chi connectivity index (χ0) is 13.1. The molecule has 0 saturated carbocycles. The maximum atomic E-state index is 13.1. The van der Waals surface area contributed by atoms with Crippen LogP contribution >= 0.6 is 0 Å². The molecule has 5 heteroatoms. The molecule has 0 amide bonds. The summed E-state index contributed by atoms with van der Waals surface area (Å²) in [6.45, 7) is 1.67. The van der Waals surface area contributed by atoms with E-state index in [0.29, 0.717) is 23.4 Å². The van der Waals surface area contributed by atoms with Crippen LogP contribution in [0, 0.1) is 12.7 Å². The second-order valence-electron chi connectivity index (χ2n) is 4.04. The Hall–Kier alpha value is -2.17. The topological polar surface area (TPSA) is 63.3 Å². The third-order valence-electron chi connectivity index (χ3n) is 2.60. The van der Waals surface area contributed by atoms with E-state index in [2.05, 4.69) is 5.16 Å². The van der Waals surface area contributed by atoms with Gasteiger partial charge in [0.1, 0.15) is 5.82 Å². The van der Waals surface area contributed by atoms with Crippen LogP contribution in [-0.2, 0) is 11.2 Å². The van der Waals surface area contributed by atoms with Gasteiger partial charge in [0.15, 0.2) is 5.76 Å². The van der Waals surface area contributed by atoms with E-state index >= 15 is 0 Å². The molecule has 0 bridgehead atoms. The minimum absolute atomic E-state index is 0.00835. The fourth-order valence-electron chi connectivity index (χ4n) is 1.60. The molecule has 0 radical (unpaired) electrons. The highest BCUT2D eigenvalue weighted by Gasteiger charge is 2.09. The van der Waals surface area contributed by atoms with Gasteiger partial charge in [0.2, 0.25) is 0 Å². The maximum absolute atomic E-state index is 13.1. The lowest BCUT2D eigenvalue weighted by atomic mass is 10.1. The molecule has 0 aliphatic carbocycles. The molecule has 1 aromatic carbocycles. The molecular weight excluding hydrogens is 237 g/mol. The molecule has 2 rings (SSSR count). The highest BCUT2D eigenvalue weighted by Crippen LogP contribution is 2.23. The van der Waals surface area contributed by atoms with Crippen molar-refractivity contribution < 1.29 is 18.8 Å². The lowest BCUT2D eigenvalue weighted by molar-refractivity contribution is -0.136. The van der Waals surface area contributed by atoms with Crippen LogP contribution in [0.2, 0.25) is 0 Å². The average molecular weight is 249 g/mol. The van der Waals surface area contributed by atoms with Crippen molar-refractivity contribution in [2.45, 2.75) is 19.8 Å². The molecule has 0 unspecified atom stereocenters. The monoisotopic (exact) mass is 249 g/mol. The first-order chi connectivity index (χ1) is 8.56. The summed E-state index contributed by atoms with van der Waals surface area (Å²) in [5.74, 6) is -0.639. The second kappa shape index (κ2) is 5.00. The first kappa shape index (κ1) is 12.3. The molecule has 4 nitrogen and oxygen atoms in total. The highest BCUT2D eigenvalue weighted by molar-refractivity contribution is 5.67. The van der Waals surface area contributed by atoms with Crippen molar-refractivity contribution in [1.82, 2.24) is 5.16 Å². The van der Waals surface area contributed by atoms with Crippen molar-refractivity contribution in [3.63, 3.8) is 0 Å². The van der Waals surface area contributed by atoms with Gasteiger partial charge in [-0.15, -0.1) is 0 Å². The van der Waals surface area contributed by atoms with Crippen LogP contribution in [0.25, 0.3) is 11.3 Å². The number of carboxylic acids is 1. The molecule has 0 fully saturated rings. The fourth-order valence-corrected chi connectivity index (χ4v) is 1.60. The third kappa shape index (κ3) is 2.74. The molecule has 0 saturated heterocycles. The van der Waals surface area contributed by atoms with Crippen molar-refractivity contribution in [1.29, 1.82) is 0 Å². The van der Waals surface area contributed by atoms with E-state index in [9.17, 15) is 9.18 Å². The van der Waals surface area contributed by atoms with Crippen LogP contribution < -0.4 is 0 Å². The van der Waals surface area contributed by atoms with Gasteiger partial charge in [0.05, 0.1) is 12.1 Å². The van der Waals surface area contributed by atoms with Crippen LogP contribution in [0.15, 0.2) is 28.8 Å². The number of aromatic nitrogens is 1. The summed E-state index contributed by atoms with van der Waals surface area (Å²) >= 11 is 0. The summed E-state index contributed by atoms with van der Waals surface area (Å²) in [5.41, 5.74) is 1.83. The Bertz CT molecular complexity index is 577. The van der Waals surface area contributed by atoms with Crippen molar-refractivity contribution in [3.05, 3.63) is 41.3 Å². The summed E-state index contributed by atoms with van der Waals surface area (Å²) in [7, 11) is 0. The smallest absolute Gasteiger partial charge is 0.303 e. The van der Waals surface area contributed by atoms with Gasteiger partial charge in [-0.25, -0.2) is 4.39 Å². The fraction of sp³-hybridized carbons (Fsp3) is 0.231. The van der Waals surface area contributed by atoms with Crippen LogP contribution in [0.1, 0.15) is 17.7 Å². The molecule has 1 N–H and O–H groups in total. The number of aliphatic carboxylic acids is 1. The number of aryl methyl sites for hydroxylation is 2. The minimum Gasteiger partial charge on any atom is -0.481 e. The highest BCUT2D eigenvalue weighted by atomic mass is 19.1. The van der Waals surface area contributed by atoms with E-state index in [4.69, 9.17) is 9.63 Å². The van der Waals surface area contributed by atoms with Crippen LogP contribution in [0.5, 0.6) is 0 Å². The number of carbonyl (C=O) groups is 1. The van der Waals surface area contributed by atoms with E-state index in [1.807, 2.05) is 0 Å². The zero-order valence-electron chi connectivity index (χ0n) is 9.81. The molecule has 1 aromatic heterocycles. The predicted octanol–water partition coefficient (Wildman–Crippen LogP) is 2.81. The lowest BCUT2D eigenvalue weighted by Crippen LogP contribution is -1.97. The van der Waals surface area contributed by atoms with E-state index in [1.54, 1.807) is 25.1 Å². The number of carboxylic acid groups (broad SMARTS) is 1. The van der Waals surface area contributed by atoms with E-state index < -0.39 is 5.97 Å². The van der Waals surface area contributed by atoms with Crippen LogP contribution in [-0.4, -0.2) is 16.2 Å². The molecule has 0 atom stereocenters. The van der Waals surface area contributed by atoms with E-state index in [1.165, 1.54) is 6.07 Å². The molecule has 94 valence electrons. The van der Waals surface area contributed by atoms with E-state index in [0.717, 1.165) is 5.56 Å². The van der Waals surface area contributed by atoms with E-state index in [-0.39, 0.29) is 12.2 Å². The van der Waals surface area contributed by atoms with Gasteiger partial charge in [-0.2, -0.15) is 0 Å². The van der Waals surface area contributed by atoms with Crippen molar-refractivity contribution in [2.75, 3.05) is 0 Å². The first-order valence-electron chi connectivity index (χ1n) is 5.50. The quantitative estimate of drug-likeness (QED) is 0.904. The summed E-state index contributed by atoms with van der Waals surface area (Å²) in [5, 5.41) is 12.4. The van der Waals surface area contributed by atoms with Crippen LogP contribution in [0.4, 0.5) is 4.39 Å². The Morgan fingerprint density at radius 3 is 2.89 bits per heavy atom. The van der Waals surface area contributed by atoms with Gasteiger partial charge < -0.3 is 9.63 Å². The maximum Gasteiger partial charge on any atom is 0.303 e. The summed E-state index contributed by atoms with van der Waals surface area (Å²) in [6, 6.07) is 6.31. The van der Waals surface area contributed by atoms with Crippen molar-refractivity contribution >= 4 is 5.97 Å². The molecule has 0 spiro atoms. The molecule has 1 heterocycles. The number of benzene rings is 1. The number of hydrogen-bond acceptors (Lipinski definition) is 3. The Morgan fingerprint density at radius 2 is 2.22 bits per heavy atom. The molecular formula is C13H12FNO3. The first-order valence-corrected chi connectivity index (χ1v) is 5.50. The van der Waals surface area contributed by atoms with Gasteiger partial charge in [-0.05, 0) is 30.7 Å². The molecule has 0 aliphatic heterocycles. The summed E-state index contributed by atoms with van der Waals surface area (Å²) in [4.78, 5) is 10.4. The Labute approximate surface area is 103 Å². The zero-order valence-corrected chi connectivity index (χ0v) is 9.81. The third-order valence-corrected chi connectivity index (χ3v) is 2.60. The normalized spacial score (nSPS) is 10.6. The Kier molecular flexibility index (Phi) is 3.41. The number of halogens is 1. The van der Waals surface area contributed by atoms with Gasteiger partial charge in [-0.1, -0.05) is 5.16 Å². The summed E-state index contributed by atoms with van der Waals surface area (Å²) < 4.78 is 18.2. The predicted molar refractivity (Wildman–Crippen MR) is 62.6 cm³/mol. The van der Waals surface area contributed by atoms with Gasteiger partial charge >= 0.3 is 5.97 Å². The number of hydrogen-bond donors (Lipinski definition) is 1. The van der Waals surface area contributed by atoms with Gasteiger partial charge in [0, 0.05) is 18.1 Å². The number of rotatable bonds is 4. The minimum atomic E-state index is -0.878. The number of nitrogens with zero attached hydrogens (tertiary/aromatic N) is 1. The van der Waals surface area contributed by atoms with Gasteiger partial charge in [-0.3, -0.25) is 4.79 Å². The SMILES string of the molecule is Cc1cc(-c2cc(CCC(=O)O)no2)ccc1F. The largest absolute Gasteiger partial charge is 0.481 e. The van der Waals surface area contributed by atoms with Gasteiger partial charge in [0.25, 0.3) is 0 Å². The standard InChI is InChI=1S/C13H12FNO3/c1-8-6-9(2-4-11(8)14)12-7-10(15-18-12)3-5-13(16)17/h2,4,6-7H,3,5H2,1H3,(H,16,17). The average Bonchev–Trinajstić information content (AvgIpc) is 2.79.